The Morgan fingerprint density at radius 1 is 1.71 bits per heavy atom. The van der Waals surface area contributed by atoms with Crippen molar-refractivity contribution in [3.05, 3.63) is 10.7 Å². The highest BCUT2D eigenvalue weighted by Crippen LogP contribution is 2.21. The summed E-state index contributed by atoms with van der Waals surface area (Å²) in [7, 11) is -3.40. The summed E-state index contributed by atoms with van der Waals surface area (Å²) < 4.78 is 25.9. The third kappa shape index (κ3) is 3.39. The lowest BCUT2D eigenvalue weighted by atomic mass is 10.8. The first-order chi connectivity index (χ1) is 6.56. The summed E-state index contributed by atoms with van der Waals surface area (Å²) in [5, 5.41) is 0. The van der Waals surface area contributed by atoms with Crippen LogP contribution in [-0.2, 0) is 10.0 Å². The number of sulfonamides is 1. The molecule has 14 heavy (non-hydrogen) atoms. The number of nitrogens with zero attached hydrogens (tertiary/aromatic N) is 1. The van der Waals surface area contributed by atoms with Crippen LogP contribution in [-0.4, -0.2) is 32.0 Å². The Labute approximate surface area is 96.1 Å². The Bertz CT molecular complexity index is 390. The number of aromatic nitrogens is 1. The van der Waals surface area contributed by atoms with E-state index >= 15 is 0 Å². The van der Waals surface area contributed by atoms with Crippen LogP contribution < -0.4 is 4.72 Å². The monoisotopic (exact) mass is 272 g/mol. The molecule has 1 N–H and O–H groups in total. The maximum absolute atomic E-state index is 11.5. The van der Waals surface area contributed by atoms with E-state index in [9.17, 15) is 8.42 Å². The van der Waals surface area contributed by atoms with E-state index in [4.69, 9.17) is 11.6 Å². The summed E-state index contributed by atoms with van der Waals surface area (Å²) in [6.45, 7) is 0.416. The van der Waals surface area contributed by atoms with E-state index in [2.05, 4.69) is 9.71 Å². The van der Waals surface area contributed by atoms with E-state index in [1.807, 2.05) is 6.26 Å². The molecule has 0 atom stereocenters. The highest BCUT2D eigenvalue weighted by atomic mass is 35.5. The number of nitrogens with one attached hydrogen (secondary N) is 1. The number of hydrogen-bond donors (Lipinski definition) is 1. The lowest BCUT2D eigenvalue weighted by molar-refractivity contribution is 0.586. The van der Waals surface area contributed by atoms with Gasteiger partial charge >= 0.3 is 0 Å². The van der Waals surface area contributed by atoms with Crippen LogP contribution in [0.4, 0.5) is 0 Å². The van der Waals surface area contributed by atoms with Crippen molar-refractivity contribution in [2.45, 2.75) is 4.21 Å². The number of thiazole rings is 1. The maximum atomic E-state index is 11.5. The molecule has 0 aliphatic carbocycles. The second-order valence-corrected chi connectivity index (χ2v) is 6.91. The van der Waals surface area contributed by atoms with Gasteiger partial charge in [0, 0.05) is 12.3 Å². The molecule has 1 aromatic heterocycles. The molecular formula is C6H9ClN2O2S3. The maximum Gasteiger partial charge on any atom is 0.251 e. The number of thioether (sulfide) groups is 1. The van der Waals surface area contributed by atoms with Crippen LogP contribution in [0.1, 0.15) is 0 Å². The van der Waals surface area contributed by atoms with Crippen molar-refractivity contribution in [2.75, 3.05) is 18.6 Å². The fourth-order valence-corrected chi connectivity index (χ4v) is 3.52. The summed E-state index contributed by atoms with van der Waals surface area (Å²) in [6, 6.07) is 0. The standard InChI is InChI=1S/C6H9ClN2O2S3/c1-12-3-2-9-14(10,11)5-4-8-6(7)13-5/h4,9H,2-3H2,1H3. The predicted octanol–water partition coefficient (Wildman–Crippen LogP) is 1.44. The van der Waals surface area contributed by atoms with Gasteiger partial charge in [-0.3, -0.25) is 0 Å². The van der Waals surface area contributed by atoms with Crippen LogP contribution in [0.15, 0.2) is 10.4 Å². The molecule has 80 valence electrons. The van der Waals surface area contributed by atoms with Crippen molar-refractivity contribution in [3.63, 3.8) is 0 Å². The first-order valence-corrected chi connectivity index (χ1v) is 7.73. The van der Waals surface area contributed by atoms with Gasteiger partial charge in [0.2, 0.25) is 0 Å². The van der Waals surface area contributed by atoms with Gasteiger partial charge in [0.25, 0.3) is 10.0 Å². The lowest BCUT2D eigenvalue weighted by Gasteiger charge is -2.01. The molecule has 0 aromatic carbocycles. The predicted molar refractivity (Wildman–Crippen MR) is 60.7 cm³/mol. The summed E-state index contributed by atoms with van der Waals surface area (Å²) in [6.07, 6.45) is 3.17. The fourth-order valence-electron chi connectivity index (χ4n) is 0.713. The van der Waals surface area contributed by atoms with Gasteiger partial charge < -0.3 is 0 Å². The van der Waals surface area contributed by atoms with Crippen molar-refractivity contribution < 1.29 is 8.42 Å². The molecule has 1 aromatic rings. The molecule has 1 rings (SSSR count). The molecule has 0 fully saturated rings. The minimum absolute atomic E-state index is 0.156. The fraction of sp³-hybridized carbons (Fsp3) is 0.500. The molecule has 1 heterocycles. The zero-order valence-electron chi connectivity index (χ0n) is 7.36. The number of rotatable bonds is 5. The molecule has 0 unspecified atom stereocenters. The minimum Gasteiger partial charge on any atom is -0.232 e. The zero-order chi connectivity index (χ0) is 10.6. The highest BCUT2D eigenvalue weighted by Gasteiger charge is 2.16. The van der Waals surface area contributed by atoms with Crippen LogP contribution in [0.2, 0.25) is 4.47 Å². The highest BCUT2D eigenvalue weighted by molar-refractivity contribution is 7.98. The molecule has 0 aliphatic heterocycles. The van der Waals surface area contributed by atoms with Gasteiger partial charge in [0.05, 0.1) is 6.20 Å². The first kappa shape index (κ1) is 12.3. The zero-order valence-corrected chi connectivity index (χ0v) is 10.6. The van der Waals surface area contributed by atoms with Gasteiger partial charge in [-0.25, -0.2) is 18.1 Å². The van der Waals surface area contributed by atoms with Gasteiger partial charge in [-0.1, -0.05) is 22.9 Å². The van der Waals surface area contributed by atoms with Gasteiger partial charge in [0.15, 0.2) is 8.68 Å². The van der Waals surface area contributed by atoms with Gasteiger partial charge in [0.1, 0.15) is 0 Å². The van der Waals surface area contributed by atoms with E-state index in [0.29, 0.717) is 6.54 Å². The smallest absolute Gasteiger partial charge is 0.232 e. The second kappa shape index (κ2) is 5.32. The van der Waals surface area contributed by atoms with Crippen molar-refractivity contribution >= 4 is 44.7 Å². The van der Waals surface area contributed by atoms with E-state index in [1.54, 1.807) is 11.8 Å². The molecule has 0 amide bonds. The summed E-state index contributed by atoms with van der Waals surface area (Å²) >= 11 is 8.07. The molecule has 4 nitrogen and oxygen atoms in total. The molecule has 0 saturated heterocycles. The SMILES string of the molecule is CSCCNS(=O)(=O)c1cnc(Cl)s1. The molecule has 8 heteroatoms. The van der Waals surface area contributed by atoms with E-state index in [-0.39, 0.29) is 8.68 Å². The Kier molecular flexibility index (Phi) is 4.65. The molecule has 0 saturated carbocycles. The Hall–Kier alpha value is 0.180. The Balaban J connectivity index is 2.66. The molecule has 0 aliphatic rings. The molecule has 0 spiro atoms. The van der Waals surface area contributed by atoms with E-state index < -0.39 is 10.0 Å². The summed E-state index contributed by atoms with van der Waals surface area (Å²) in [5.74, 6) is 0.742. The Morgan fingerprint density at radius 2 is 2.43 bits per heavy atom. The number of hydrogen-bond acceptors (Lipinski definition) is 5. The topological polar surface area (TPSA) is 59.1 Å². The third-order valence-electron chi connectivity index (χ3n) is 1.32. The van der Waals surface area contributed by atoms with Gasteiger partial charge in [-0.15, -0.1) is 0 Å². The quantitative estimate of drug-likeness (QED) is 0.824. The first-order valence-electron chi connectivity index (χ1n) is 3.66. The third-order valence-corrected chi connectivity index (χ3v) is 4.97. The van der Waals surface area contributed by atoms with E-state index in [0.717, 1.165) is 17.1 Å². The lowest BCUT2D eigenvalue weighted by Crippen LogP contribution is -2.25. The van der Waals surface area contributed by atoms with Crippen LogP contribution in [0, 0.1) is 0 Å². The average Bonchev–Trinajstić information content (AvgIpc) is 2.53. The average molecular weight is 273 g/mol. The second-order valence-electron chi connectivity index (χ2n) is 2.32. The summed E-state index contributed by atoms with van der Waals surface area (Å²) in [4.78, 5) is 3.67. The molecular weight excluding hydrogens is 264 g/mol. The Morgan fingerprint density at radius 3 is 2.93 bits per heavy atom. The van der Waals surface area contributed by atoms with Crippen LogP contribution in [0.3, 0.4) is 0 Å². The van der Waals surface area contributed by atoms with Gasteiger partial charge in [-0.05, 0) is 6.26 Å². The normalized spacial score (nSPS) is 11.9. The summed E-state index contributed by atoms with van der Waals surface area (Å²) in [5.41, 5.74) is 0. The van der Waals surface area contributed by atoms with Crippen molar-refractivity contribution in [2.24, 2.45) is 0 Å². The van der Waals surface area contributed by atoms with Gasteiger partial charge in [-0.2, -0.15) is 11.8 Å². The van der Waals surface area contributed by atoms with E-state index in [1.165, 1.54) is 6.20 Å². The molecule has 0 radical (unpaired) electrons. The van der Waals surface area contributed by atoms with Crippen LogP contribution in [0.25, 0.3) is 0 Å². The molecule has 0 bridgehead atoms. The largest absolute Gasteiger partial charge is 0.251 e. The van der Waals surface area contributed by atoms with Crippen molar-refractivity contribution in [1.82, 2.24) is 9.71 Å². The van der Waals surface area contributed by atoms with Crippen LogP contribution >= 0.6 is 34.7 Å². The number of halogens is 1. The van der Waals surface area contributed by atoms with Crippen LogP contribution in [0.5, 0.6) is 0 Å². The van der Waals surface area contributed by atoms with Crippen molar-refractivity contribution in [3.8, 4) is 0 Å². The minimum atomic E-state index is -3.40. The van der Waals surface area contributed by atoms with Crippen molar-refractivity contribution in [1.29, 1.82) is 0 Å².